The van der Waals surface area contributed by atoms with E-state index in [1.54, 1.807) is 4.90 Å². The Hall–Kier alpha value is -1.88. The molecule has 1 unspecified atom stereocenters. The zero-order chi connectivity index (χ0) is 16.2. The van der Waals surface area contributed by atoms with E-state index in [1.165, 1.54) is 0 Å². The first-order chi connectivity index (χ1) is 11.1. The van der Waals surface area contributed by atoms with E-state index in [2.05, 4.69) is 5.32 Å². The fraction of sp³-hybridized carbons (Fsp3) is 0.556. The first-order valence-corrected chi connectivity index (χ1v) is 8.43. The summed E-state index contributed by atoms with van der Waals surface area (Å²) in [7, 11) is 0. The molecule has 124 valence electrons. The highest BCUT2D eigenvalue weighted by Gasteiger charge is 2.28. The van der Waals surface area contributed by atoms with Crippen molar-refractivity contribution in [1.29, 1.82) is 0 Å². The minimum atomic E-state index is -0.213. The van der Waals surface area contributed by atoms with Crippen molar-refractivity contribution in [2.75, 3.05) is 30.0 Å². The normalized spacial score (nSPS) is 22.2. The third kappa shape index (κ3) is 3.72. The Morgan fingerprint density at radius 3 is 2.83 bits per heavy atom. The minimum absolute atomic E-state index is 0.0304. The Balaban J connectivity index is 1.71. The van der Waals surface area contributed by atoms with Gasteiger partial charge in [0, 0.05) is 26.2 Å². The lowest BCUT2D eigenvalue weighted by molar-refractivity contribution is -0.120. The van der Waals surface area contributed by atoms with Gasteiger partial charge >= 0.3 is 0 Å². The molecule has 1 aromatic carbocycles. The smallest absolute Gasteiger partial charge is 0.229 e. The van der Waals surface area contributed by atoms with Gasteiger partial charge in [-0.05, 0) is 37.3 Å². The molecule has 0 aliphatic carbocycles. The lowest BCUT2D eigenvalue weighted by Crippen LogP contribution is -2.36. The summed E-state index contributed by atoms with van der Waals surface area (Å²) in [6.45, 7) is 3.91. The highest BCUT2D eigenvalue weighted by atomic mass is 16.5. The van der Waals surface area contributed by atoms with E-state index < -0.39 is 0 Å². The second-order valence-corrected chi connectivity index (χ2v) is 6.51. The van der Waals surface area contributed by atoms with Crippen LogP contribution in [0.2, 0.25) is 0 Å². The van der Waals surface area contributed by atoms with Crippen LogP contribution in [0.5, 0.6) is 0 Å². The van der Waals surface area contributed by atoms with Crippen LogP contribution in [0, 0.1) is 11.8 Å². The number of hydrogen-bond acceptors (Lipinski definition) is 3. The van der Waals surface area contributed by atoms with Gasteiger partial charge in [-0.15, -0.1) is 0 Å². The molecule has 1 atom stereocenters. The summed E-state index contributed by atoms with van der Waals surface area (Å²) in [5.74, 6) is 0.436. The van der Waals surface area contributed by atoms with Gasteiger partial charge in [0.2, 0.25) is 11.8 Å². The number of amides is 2. The summed E-state index contributed by atoms with van der Waals surface area (Å²) in [5, 5.41) is 2.91. The topological polar surface area (TPSA) is 58.6 Å². The standard InChI is InChI=1S/C18H24N2O3/c1-13-12-20(16-5-3-2-4-15(16)19-18(13)22)17(21)7-6-14-8-10-23-11-9-14/h2-5,13-14H,6-12H2,1H3,(H,19,22). The van der Waals surface area contributed by atoms with Gasteiger partial charge < -0.3 is 15.0 Å². The maximum Gasteiger partial charge on any atom is 0.229 e. The molecule has 1 N–H and O–H groups in total. The van der Waals surface area contributed by atoms with Crippen molar-refractivity contribution in [3.63, 3.8) is 0 Å². The van der Waals surface area contributed by atoms with Gasteiger partial charge in [0.05, 0.1) is 17.3 Å². The maximum atomic E-state index is 12.8. The Labute approximate surface area is 137 Å². The van der Waals surface area contributed by atoms with Crippen LogP contribution in [-0.2, 0) is 14.3 Å². The minimum Gasteiger partial charge on any atom is -0.381 e. The van der Waals surface area contributed by atoms with Gasteiger partial charge in [-0.25, -0.2) is 0 Å². The van der Waals surface area contributed by atoms with E-state index in [4.69, 9.17) is 4.74 Å². The maximum absolute atomic E-state index is 12.8. The second kappa shape index (κ2) is 7.13. The molecule has 1 fully saturated rings. The number of rotatable bonds is 3. The summed E-state index contributed by atoms with van der Waals surface area (Å²) in [6, 6.07) is 7.53. The zero-order valence-corrected chi connectivity index (χ0v) is 13.6. The number of nitrogens with one attached hydrogen (secondary N) is 1. The van der Waals surface area contributed by atoms with E-state index in [0.29, 0.717) is 18.9 Å². The van der Waals surface area contributed by atoms with Crippen LogP contribution in [0.25, 0.3) is 0 Å². The van der Waals surface area contributed by atoms with Crippen molar-refractivity contribution in [2.45, 2.75) is 32.6 Å². The number of fused-ring (bicyclic) bond motifs is 1. The van der Waals surface area contributed by atoms with Crippen molar-refractivity contribution < 1.29 is 14.3 Å². The van der Waals surface area contributed by atoms with Gasteiger partial charge in [-0.1, -0.05) is 19.1 Å². The lowest BCUT2D eigenvalue weighted by Gasteiger charge is -2.26. The Morgan fingerprint density at radius 2 is 2.04 bits per heavy atom. The number of nitrogens with zero attached hydrogens (tertiary/aromatic N) is 1. The summed E-state index contributed by atoms with van der Waals surface area (Å²) in [4.78, 5) is 26.6. The van der Waals surface area contributed by atoms with Crippen LogP contribution in [0.4, 0.5) is 11.4 Å². The molecule has 0 spiro atoms. The van der Waals surface area contributed by atoms with Gasteiger partial charge in [0.25, 0.3) is 0 Å². The number of carbonyl (C=O) groups is 2. The molecule has 23 heavy (non-hydrogen) atoms. The third-order valence-electron chi connectivity index (χ3n) is 4.77. The van der Waals surface area contributed by atoms with Crippen molar-refractivity contribution >= 4 is 23.2 Å². The highest BCUT2D eigenvalue weighted by molar-refractivity contribution is 6.04. The molecule has 2 aliphatic heterocycles. The largest absolute Gasteiger partial charge is 0.381 e. The van der Waals surface area contributed by atoms with Gasteiger partial charge in [0.15, 0.2) is 0 Å². The van der Waals surface area contributed by atoms with Gasteiger partial charge in [-0.3, -0.25) is 9.59 Å². The third-order valence-corrected chi connectivity index (χ3v) is 4.77. The van der Waals surface area contributed by atoms with Crippen LogP contribution in [0.15, 0.2) is 24.3 Å². The lowest BCUT2D eigenvalue weighted by atomic mass is 9.94. The molecule has 2 heterocycles. The van der Waals surface area contributed by atoms with E-state index in [0.717, 1.165) is 43.9 Å². The zero-order valence-electron chi connectivity index (χ0n) is 13.6. The second-order valence-electron chi connectivity index (χ2n) is 6.51. The van der Waals surface area contributed by atoms with Crippen molar-refractivity contribution in [2.24, 2.45) is 11.8 Å². The number of hydrogen-bond donors (Lipinski definition) is 1. The number of benzene rings is 1. The molecule has 5 heteroatoms. The predicted molar refractivity (Wildman–Crippen MR) is 89.4 cm³/mol. The van der Waals surface area contributed by atoms with Crippen LogP contribution in [-0.4, -0.2) is 31.6 Å². The summed E-state index contributed by atoms with van der Waals surface area (Å²) in [6.07, 6.45) is 3.51. The van der Waals surface area contributed by atoms with E-state index in [9.17, 15) is 9.59 Å². The fourth-order valence-corrected chi connectivity index (χ4v) is 3.26. The molecule has 0 aromatic heterocycles. The number of ether oxygens (including phenoxy) is 1. The molecule has 2 amide bonds. The van der Waals surface area contributed by atoms with Crippen LogP contribution in [0.3, 0.4) is 0 Å². The van der Waals surface area contributed by atoms with Gasteiger partial charge in [-0.2, -0.15) is 0 Å². The molecule has 0 bridgehead atoms. The van der Waals surface area contributed by atoms with Crippen LogP contribution >= 0.6 is 0 Å². The van der Waals surface area contributed by atoms with Crippen molar-refractivity contribution in [1.82, 2.24) is 0 Å². The number of para-hydroxylation sites is 2. The monoisotopic (exact) mass is 316 g/mol. The van der Waals surface area contributed by atoms with E-state index in [1.807, 2.05) is 31.2 Å². The molecule has 2 aliphatic rings. The Morgan fingerprint density at radius 1 is 1.30 bits per heavy atom. The van der Waals surface area contributed by atoms with Crippen LogP contribution in [0.1, 0.15) is 32.6 Å². The number of anilines is 2. The fourth-order valence-electron chi connectivity index (χ4n) is 3.26. The average molecular weight is 316 g/mol. The quantitative estimate of drug-likeness (QED) is 0.933. The molecule has 3 rings (SSSR count). The first-order valence-electron chi connectivity index (χ1n) is 8.43. The molecule has 1 saturated heterocycles. The summed E-state index contributed by atoms with van der Waals surface area (Å²) < 4.78 is 5.37. The molecule has 1 aromatic rings. The van der Waals surface area contributed by atoms with Gasteiger partial charge in [0.1, 0.15) is 0 Å². The summed E-state index contributed by atoms with van der Waals surface area (Å²) >= 11 is 0. The van der Waals surface area contributed by atoms with E-state index >= 15 is 0 Å². The average Bonchev–Trinajstić information content (AvgIpc) is 2.71. The first kappa shape index (κ1) is 16.0. The van der Waals surface area contributed by atoms with Crippen molar-refractivity contribution in [3.05, 3.63) is 24.3 Å². The predicted octanol–water partition coefficient (Wildman–Crippen LogP) is 2.81. The van der Waals surface area contributed by atoms with Crippen LogP contribution < -0.4 is 10.2 Å². The SMILES string of the molecule is CC1CN(C(=O)CCC2CCOCC2)c2ccccc2NC1=O. The van der Waals surface area contributed by atoms with E-state index in [-0.39, 0.29) is 17.7 Å². The Kier molecular flexibility index (Phi) is 4.96. The number of carbonyl (C=O) groups excluding carboxylic acids is 2. The molecule has 0 saturated carbocycles. The highest BCUT2D eigenvalue weighted by Crippen LogP contribution is 2.31. The molecule has 5 nitrogen and oxygen atoms in total. The van der Waals surface area contributed by atoms with Crippen molar-refractivity contribution in [3.8, 4) is 0 Å². The Bertz CT molecular complexity index is 581. The molecular weight excluding hydrogens is 292 g/mol. The summed E-state index contributed by atoms with van der Waals surface area (Å²) in [5.41, 5.74) is 1.53. The molecule has 0 radical (unpaired) electrons. The molecular formula is C18H24N2O3.